The van der Waals surface area contributed by atoms with Gasteiger partial charge in [-0.1, -0.05) is 12.1 Å². The maximum absolute atomic E-state index is 14.1. The van der Waals surface area contributed by atoms with Gasteiger partial charge in [-0.2, -0.15) is 8.78 Å². The summed E-state index contributed by atoms with van der Waals surface area (Å²) in [4.78, 5) is 23.3. The van der Waals surface area contributed by atoms with Crippen LogP contribution in [0.2, 0.25) is 0 Å². The summed E-state index contributed by atoms with van der Waals surface area (Å²) < 4.78 is 28.3. The summed E-state index contributed by atoms with van der Waals surface area (Å²) in [6.07, 6.45) is 1.31. The lowest BCUT2D eigenvalue weighted by atomic mass is 9.75. The van der Waals surface area contributed by atoms with Gasteiger partial charge >= 0.3 is 5.92 Å². The highest BCUT2D eigenvalue weighted by Crippen LogP contribution is 2.44. The molecule has 5 nitrogen and oxygen atoms in total. The standard InChI is InChI=1S/C17H20F2N2O3/c1-10(20-15(23)17(18,19)16(24)7-2-8-16)11-3-5-13-12(9-11)4-6-14(22)21-13/h3,5,9-10,24H,2,4,6-8H2,1H3,(H,20,23)(H,21,22)/t10-/m0/s1. The SMILES string of the molecule is C[C@H](NC(=O)C(F)(F)C1(O)CCC1)c1ccc2c(c1)CCC(=O)N2. The zero-order chi connectivity index (χ0) is 17.5. The van der Waals surface area contributed by atoms with E-state index in [4.69, 9.17) is 0 Å². The van der Waals surface area contributed by atoms with Crippen LogP contribution in [0.3, 0.4) is 0 Å². The van der Waals surface area contributed by atoms with E-state index in [1.165, 1.54) is 0 Å². The minimum Gasteiger partial charge on any atom is -0.383 e. The second-order valence-corrected chi connectivity index (χ2v) is 6.62. The molecular formula is C17H20F2N2O3. The highest BCUT2D eigenvalue weighted by molar-refractivity contribution is 5.94. The first-order chi connectivity index (χ1) is 11.2. The first-order valence-electron chi connectivity index (χ1n) is 8.07. The van der Waals surface area contributed by atoms with Crippen molar-refractivity contribution in [2.24, 2.45) is 0 Å². The van der Waals surface area contributed by atoms with Gasteiger partial charge in [-0.3, -0.25) is 9.59 Å². The molecule has 7 heteroatoms. The van der Waals surface area contributed by atoms with E-state index in [2.05, 4.69) is 10.6 Å². The molecule has 1 atom stereocenters. The molecule has 1 aliphatic heterocycles. The van der Waals surface area contributed by atoms with Gasteiger partial charge < -0.3 is 15.7 Å². The van der Waals surface area contributed by atoms with E-state index >= 15 is 0 Å². The third-order valence-corrected chi connectivity index (χ3v) is 4.92. The first kappa shape index (κ1) is 16.8. The second-order valence-electron chi connectivity index (χ2n) is 6.62. The van der Waals surface area contributed by atoms with Crippen molar-refractivity contribution >= 4 is 17.5 Å². The zero-order valence-electron chi connectivity index (χ0n) is 13.4. The van der Waals surface area contributed by atoms with Gasteiger partial charge in [0.2, 0.25) is 5.91 Å². The van der Waals surface area contributed by atoms with Gasteiger partial charge in [0.1, 0.15) is 5.60 Å². The summed E-state index contributed by atoms with van der Waals surface area (Å²) >= 11 is 0. The number of anilines is 1. The van der Waals surface area contributed by atoms with Gasteiger partial charge in [-0.05, 0) is 49.8 Å². The predicted molar refractivity (Wildman–Crippen MR) is 83.7 cm³/mol. The first-order valence-corrected chi connectivity index (χ1v) is 8.07. The van der Waals surface area contributed by atoms with Gasteiger partial charge in [0.25, 0.3) is 5.91 Å². The predicted octanol–water partition coefficient (Wildman–Crippen LogP) is 2.30. The van der Waals surface area contributed by atoms with Crippen molar-refractivity contribution in [1.29, 1.82) is 0 Å². The van der Waals surface area contributed by atoms with Crippen LogP contribution in [0.1, 0.15) is 49.8 Å². The number of alkyl halides is 2. The molecule has 3 N–H and O–H groups in total. The van der Waals surface area contributed by atoms with Crippen LogP contribution < -0.4 is 10.6 Å². The topological polar surface area (TPSA) is 78.4 Å². The Morgan fingerprint density at radius 1 is 1.38 bits per heavy atom. The van der Waals surface area contributed by atoms with Crippen molar-refractivity contribution in [1.82, 2.24) is 5.32 Å². The van der Waals surface area contributed by atoms with Crippen molar-refractivity contribution in [2.75, 3.05) is 5.32 Å². The molecular weight excluding hydrogens is 318 g/mol. The largest absolute Gasteiger partial charge is 0.383 e. The van der Waals surface area contributed by atoms with Crippen molar-refractivity contribution in [3.63, 3.8) is 0 Å². The highest BCUT2D eigenvalue weighted by atomic mass is 19.3. The Kier molecular flexibility index (Phi) is 4.07. The minimum absolute atomic E-state index is 0.0509. The van der Waals surface area contributed by atoms with Gasteiger partial charge in [-0.15, -0.1) is 0 Å². The lowest BCUT2D eigenvalue weighted by Gasteiger charge is -2.41. The van der Waals surface area contributed by atoms with E-state index < -0.39 is 23.5 Å². The molecule has 0 aromatic heterocycles. The third kappa shape index (κ3) is 2.77. The Balaban J connectivity index is 1.72. The maximum Gasteiger partial charge on any atom is 0.352 e. The van der Waals surface area contributed by atoms with Crippen molar-refractivity contribution in [3.8, 4) is 0 Å². The summed E-state index contributed by atoms with van der Waals surface area (Å²) in [6, 6.07) is 4.57. The van der Waals surface area contributed by atoms with Crippen LogP contribution in [-0.4, -0.2) is 28.4 Å². The van der Waals surface area contributed by atoms with Crippen molar-refractivity contribution < 1.29 is 23.5 Å². The molecule has 0 radical (unpaired) electrons. The van der Waals surface area contributed by atoms with E-state index in [0.29, 0.717) is 30.5 Å². The Hall–Kier alpha value is -2.02. The van der Waals surface area contributed by atoms with Crippen LogP contribution in [0.4, 0.5) is 14.5 Å². The molecule has 1 aromatic rings. The quantitative estimate of drug-likeness (QED) is 0.788. The van der Waals surface area contributed by atoms with E-state index in [1.807, 2.05) is 0 Å². The van der Waals surface area contributed by atoms with Gasteiger partial charge in [0, 0.05) is 12.1 Å². The lowest BCUT2D eigenvalue weighted by Crippen LogP contribution is -2.60. The summed E-state index contributed by atoms with van der Waals surface area (Å²) in [5, 5.41) is 14.9. The van der Waals surface area contributed by atoms with Gasteiger partial charge in [0.05, 0.1) is 6.04 Å². The molecule has 3 rings (SSSR count). The van der Waals surface area contributed by atoms with Gasteiger partial charge in [-0.25, -0.2) is 0 Å². The number of nitrogens with one attached hydrogen (secondary N) is 2. The van der Waals surface area contributed by atoms with Crippen LogP contribution in [-0.2, 0) is 16.0 Å². The minimum atomic E-state index is -3.80. The molecule has 0 unspecified atom stereocenters. The number of hydrogen-bond donors (Lipinski definition) is 3. The summed E-state index contributed by atoms with van der Waals surface area (Å²) in [5.41, 5.74) is 0.0755. The van der Waals surface area contributed by atoms with Crippen LogP contribution in [0.25, 0.3) is 0 Å². The Labute approximate surface area is 138 Å². The molecule has 1 aliphatic carbocycles. The summed E-state index contributed by atoms with van der Waals surface area (Å²) in [6.45, 7) is 1.61. The maximum atomic E-state index is 14.1. The number of amides is 2. The van der Waals surface area contributed by atoms with Crippen LogP contribution in [0.5, 0.6) is 0 Å². The van der Waals surface area contributed by atoms with Crippen LogP contribution >= 0.6 is 0 Å². The van der Waals surface area contributed by atoms with Crippen molar-refractivity contribution in [2.45, 2.75) is 56.6 Å². The fourth-order valence-electron chi connectivity index (χ4n) is 3.08. The number of benzene rings is 1. The fraction of sp³-hybridized carbons (Fsp3) is 0.529. The molecule has 130 valence electrons. The Morgan fingerprint density at radius 3 is 2.71 bits per heavy atom. The zero-order valence-corrected chi connectivity index (χ0v) is 13.4. The average molecular weight is 338 g/mol. The molecule has 2 amide bonds. The van der Waals surface area contributed by atoms with E-state index in [0.717, 1.165) is 5.56 Å². The third-order valence-electron chi connectivity index (χ3n) is 4.92. The molecule has 1 aromatic carbocycles. The normalized spacial score (nSPS) is 20.4. The summed E-state index contributed by atoms with van der Waals surface area (Å²) in [7, 11) is 0. The number of carbonyl (C=O) groups excluding carboxylic acids is 2. The molecule has 1 fully saturated rings. The molecule has 0 bridgehead atoms. The van der Waals surface area contributed by atoms with Crippen LogP contribution in [0.15, 0.2) is 18.2 Å². The van der Waals surface area contributed by atoms with E-state index in [-0.39, 0.29) is 18.7 Å². The van der Waals surface area contributed by atoms with Gasteiger partial charge in [0.15, 0.2) is 0 Å². The van der Waals surface area contributed by atoms with E-state index in [1.54, 1.807) is 25.1 Å². The molecule has 0 saturated heterocycles. The lowest BCUT2D eigenvalue weighted by molar-refractivity contribution is -0.216. The summed E-state index contributed by atoms with van der Waals surface area (Å²) in [5.74, 6) is -5.31. The highest BCUT2D eigenvalue weighted by Gasteiger charge is 2.61. The average Bonchev–Trinajstić information content (AvgIpc) is 2.51. The Morgan fingerprint density at radius 2 is 2.08 bits per heavy atom. The number of aliphatic hydroxyl groups is 1. The number of halogens is 2. The molecule has 1 saturated carbocycles. The number of fused-ring (bicyclic) bond motifs is 1. The number of hydrogen-bond acceptors (Lipinski definition) is 3. The Bertz CT molecular complexity index is 686. The molecule has 24 heavy (non-hydrogen) atoms. The van der Waals surface area contributed by atoms with E-state index in [9.17, 15) is 23.5 Å². The molecule has 1 heterocycles. The molecule has 2 aliphatic rings. The molecule has 0 spiro atoms. The number of carbonyl (C=O) groups is 2. The van der Waals surface area contributed by atoms with Crippen LogP contribution in [0, 0.1) is 0 Å². The monoisotopic (exact) mass is 338 g/mol. The number of rotatable bonds is 4. The smallest absolute Gasteiger partial charge is 0.352 e. The second kappa shape index (κ2) is 5.81. The fourth-order valence-corrected chi connectivity index (χ4v) is 3.08. The van der Waals surface area contributed by atoms with Crippen molar-refractivity contribution in [3.05, 3.63) is 29.3 Å². The number of aryl methyl sites for hydroxylation is 1.